The summed E-state index contributed by atoms with van der Waals surface area (Å²) in [5.41, 5.74) is 0.278. The summed E-state index contributed by atoms with van der Waals surface area (Å²) in [6.45, 7) is 1.14. The van der Waals surface area contributed by atoms with Gasteiger partial charge in [0.25, 0.3) is 5.69 Å². The lowest BCUT2D eigenvalue weighted by atomic mass is 10.2. The number of nitrogens with zero attached hydrogens (tertiary/aromatic N) is 1. The second-order valence-corrected chi connectivity index (χ2v) is 4.04. The molecule has 0 spiro atoms. The number of carbonyl (C=O) groups is 1. The van der Waals surface area contributed by atoms with Crippen LogP contribution in [0.1, 0.15) is 23.2 Å². The van der Waals surface area contributed by atoms with Crippen molar-refractivity contribution < 1.29 is 19.2 Å². The summed E-state index contributed by atoms with van der Waals surface area (Å²) in [5.74, 6) is -0.457. The molecule has 1 aromatic rings. The van der Waals surface area contributed by atoms with E-state index in [9.17, 15) is 14.9 Å². The molecular weight excluding hydrogens is 238 g/mol. The van der Waals surface area contributed by atoms with Crippen molar-refractivity contribution in [3.05, 3.63) is 39.9 Å². The van der Waals surface area contributed by atoms with Gasteiger partial charge in [-0.3, -0.25) is 10.1 Å². The molecule has 0 aliphatic carbocycles. The Balaban J connectivity index is 1.78. The summed E-state index contributed by atoms with van der Waals surface area (Å²) in [5, 5.41) is 10.4. The lowest BCUT2D eigenvalue weighted by Crippen LogP contribution is -2.07. The molecule has 0 bridgehead atoms. The predicted octanol–water partition coefficient (Wildman–Crippen LogP) is 1.93. The maximum atomic E-state index is 11.6. The number of non-ortho nitro benzene ring substituents is 1. The van der Waals surface area contributed by atoms with Crippen LogP contribution < -0.4 is 0 Å². The number of rotatable bonds is 6. The van der Waals surface area contributed by atoms with Gasteiger partial charge in [-0.2, -0.15) is 0 Å². The molecular formula is C12H13NO5. The lowest BCUT2D eigenvalue weighted by molar-refractivity contribution is -0.384. The summed E-state index contributed by atoms with van der Waals surface area (Å²) < 4.78 is 10.1. The van der Waals surface area contributed by atoms with Crippen molar-refractivity contribution in [2.24, 2.45) is 0 Å². The Morgan fingerprint density at radius 2 is 2.11 bits per heavy atom. The first kappa shape index (κ1) is 12.5. The van der Waals surface area contributed by atoms with Crippen molar-refractivity contribution in [1.29, 1.82) is 0 Å². The molecule has 18 heavy (non-hydrogen) atoms. The van der Waals surface area contributed by atoms with Crippen molar-refractivity contribution in [1.82, 2.24) is 0 Å². The standard InChI is InChI=1S/C12H13NO5/c14-12(17-7-1-2-11-8-18-11)9-3-5-10(6-4-9)13(15)16/h3-6,11H,1-2,7-8H2. The van der Waals surface area contributed by atoms with E-state index >= 15 is 0 Å². The fraction of sp³-hybridized carbons (Fsp3) is 0.417. The van der Waals surface area contributed by atoms with Crippen LogP contribution in [0.25, 0.3) is 0 Å². The molecule has 1 fully saturated rings. The minimum absolute atomic E-state index is 0.0440. The zero-order valence-corrected chi connectivity index (χ0v) is 9.70. The number of carbonyl (C=O) groups excluding carboxylic acids is 1. The van der Waals surface area contributed by atoms with Crippen molar-refractivity contribution in [2.75, 3.05) is 13.2 Å². The van der Waals surface area contributed by atoms with E-state index in [4.69, 9.17) is 9.47 Å². The lowest BCUT2D eigenvalue weighted by Gasteiger charge is -2.03. The van der Waals surface area contributed by atoms with Gasteiger partial charge in [-0.1, -0.05) is 0 Å². The van der Waals surface area contributed by atoms with E-state index in [0.29, 0.717) is 18.3 Å². The first-order valence-electron chi connectivity index (χ1n) is 5.70. The third-order valence-electron chi connectivity index (χ3n) is 2.62. The highest BCUT2D eigenvalue weighted by atomic mass is 16.6. The SMILES string of the molecule is O=C(OCCCC1CO1)c1ccc([N+](=O)[O-])cc1. The monoisotopic (exact) mass is 251 g/mol. The quantitative estimate of drug-likeness (QED) is 0.253. The summed E-state index contributed by atoms with van der Waals surface area (Å²) in [6, 6.07) is 5.36. The van der Waals surface area contributed by atoms with Gasteiger partial charge in [0.15, 0.2) is 0 Å². The molecule has 2 rings (SSSR count). The Morgan fingerprint density at radius 1 is 1.44 bits per heavy atom. The second-order valence-electron chi connectivity index (χ2n) is 4.04. The van der Waals surface area contributed by atoms with Crippen LogP contribution in [0.15, 0.2) is 24.3 Å². The van der Waals surface area contributed by atoms with Crippen LogP contribution in [0.4, 0.5) is 5.69 Å². The largest absolute Gasteiger partial charge is 0.462 e. The average Bonchev–Trinajstić information content (AvgIpc) is 3.18. The van der Waals surface area contributed by atoms with E-state index in [1.165, 1.54) is 24.3 Å². The van der Waals surface area contributed by atoms with Crippen LogP contribution >= 0.6 is 0 Å². The van der Waals surface area contributed by atoms with Gasteiger partial charge < -0.3 is 9.47 Å². The molecule has 6 nitrogen and oxygen atoms in total. The molecule has 1 aliphatic rings. The molecule has 1 aromatic carbocycles. The summed E-state index contributed by atoms with van der Waals surface area (Å²) in [7, 11) is 0. The summed E-state index contributed by atoms with van der Waals surface area (Å²) in [4.78, 5) is 21.5. The number of hydrogen-bond acceptors (Lipinski definition) is 5. The Hall–Kier alpha value is -1.95. The van der Waals surface area contributed by atoms with Gasteiger partial charge in [0, 0.05) is 12.1 Å². The molecule has 1 saturated heterocycles. The number of nitro groups is 1. The van der Waals surface area contributed by atoms with E-state index in [-0.39, 0.29) is 5.69 Å². The molecule has 0 radical (unpaired) electrons. The van der Waals surface area contributed by atoms with Gasteiger partial charge in [-0.25, -0.2) is 4.79 Å². The van der Waals surface area contributed by atoms with E-state index in [1.807, 2.05) is 0 Å². The van der Waals surface area contributed by atoms with Crippen LogP contribution in [0.2, 0.25) is 0 Å². The van der Waals surface area contributed by atoms with E-state index in [1.54, 1.807) is 0 Å². The number of ether oxygens (including phenoxy) is 2. The van der Waals surface area contributed by atoms with Gasteiger partial charge in [-0.05, 0) is 25.0 Å². The Morgan fingerprint density at radius 3 is 2.67 bits per heavy atom. The van der Waals surface area contributed by atoms with E-state index in [2.05, 4.69) is 0 Å². The van der Waals surface area contributed by atoms with Crippen LogP contribution in [0.3, 0.4) is 0 Å². The topological polar surface area (TPSA) is 82.0 Å². The third kappa shape index (κ3) is 3.53. The van der Waals surface area contributed by atoms with Crippen molar-refractivity contribution >= 4 is 11.7 Å². The van der Waals surface area contributed by atoms with Gasteiger partial charge >= 0.3 is 5.97 Å². The number of benzene rings is 1. The molecule has 6 heteroatoms. The second kappa shape index (κ2) is 5.59. The van der Waals surface area contributed by atoms with Crippen LogP contribution in [0, 0.1) is 10.1 Å². The number of nitro benzene ring substituents is 1. The number of hydrogen-bond donors (Lipinski definition) is 0. The molecule has 0 aromatic heterocycles. The zero-order chi connectivity index (χ0) is 13.0. The Kier molecular flexibility index (Phi) is 3.88. The highest BCUT2D eigenvalue weighted by molar-refractivity contribution is 5.89. The number of esters is 1. The van der Waals surface area contributed by atoms with Crippen molar-refractivity contribution in [3.8, 4) is 0 Å². The smallest absolute Gasteiger partial charge is 0.338 e. The molecule has 96 valence electrons. The van der Waals surface area contributed by atoms with Crippen LogP contribution in [-0.2, 0) is 9.47 Å². The van der Waals surface area contributed by atoms with Gasteiger partial charge in [-0.15, -0.1) is 0 Å². The minimum Gasteiger partial charge on any atom is -0.462 e. The molecule has 0 amide bonds. The fourth-order valence-electron chi connectivity index (χ4n) is 1.51. The zero-order valence-electron chi connectivity index (χ0n) is 9.70. The maximum Gasteiger partial charge on any atom is 0.338 e. The Labute approximate surface area is 104 Å². The normalized spacial score (nSPS) is 17.2. The fourth-order valence-corrected chi connectivity index (χ4v) is 1.51. The van der Waals surface area contributed by atoms with Crippen LogP contribution in [-0.4, -0.2) is 30.2 Å². The third-order valence-corrected chi connectivity index (χ3v) is 2.62. The first-order chi connectivity index (χ1) is 8.66. The van der Waals surface area contributed by atoms with Gasteiger partial charge in [0.1, 0.15) is 0 Å². The van der Waals surface area contributed by atoms with Gasteiger partial charge in [0.05, 0.1) is 29.8 Å². The predicted molar refractivity (Wildman–Crippen MR) is 62.4 cm³/mol. The molecule has 0 N–H and O–H groups in total. The Bertz CT molecular complexity index is 438. The van der Waals surface area contributed by atoms with Crippen molar-refractivity contribution in [2.45, 2.75) is 18.9 Å². The molecule has 1 unspecified atom stereocenters. The highest BCUT2D eigenvalue weighted by Gasteiger charge is 2.21. The molecule has 1 aliphatic heterocycles. The first-order valence-corrected chi connectivity index (χ1v) is 5.70. The summed E-state index contributed by atoms with van der Waals surface area (Å²) >= 11 is 0. The minimum atomic E-state index is -0.509. The van der Waals surface area contributed by atoms with Crippen molar-refractivity contribution in [3.63, 3.8) is 0 Å². The van der Waals surface area contributed by atoms with E-state index < -0.39 is 10.9 Å². The molecule has 1 heterocycles. The summed E-state index contributed by atoms with van der Waals surface area (Å²) in [6.07, 6.45) is 2.00. The van der Waals surface area contributed by atoms with Crippen LogP contribution in [0.5, 0.6) is 0 Å². The molecule has 0 saturated carbocycles. The molecule has 1 atom stereocenters. The van der Waals surface area contributed by atoms with E-state index in [0.717, 1.165) is 19.4 Å². The average molecular weight is 251 g/mol. The highest BCUT2D eigenvalue weighted by Crippen LogP contribution is 2.16. The van der Waals surface area contributed by atoms with Gasteiger partial charge in [0.2, 0.25) is 0 Å². The maximum absolute atomic E-state index is 11.6. The number of epoxide rings is 1.